The van der Waals surface area contributed by atoms with Gasteiger partial charge in [0.2, 0.25) is 11.8 Å². The monoisotopic (exact) mass is 430 g/mol. The Hall–Kier alpha value is -2.94. The summed E-state index contributed by atoms with van der Waals surface area (Å²) in [4.78, 5) is 21.5. The summed E-state index contributed by atoms with van der Waals surface area (Å²) in [5.41, 5.74) is 0.162. The van der Waals surface area contributed by atoms with E-state index in [4.69, 9.17) is 4.74 Å². The van der Waals surface area contributed by atoms with E-state index in [9.17, 15) is 13.2 Å². The molecule has 1 atom stereocenters. The number of nitrogens with zero attached hydrogens (tertiary/aromatic N) is 2. The second-order valence-electron chi connectivity index (χ2n) is 7.37. The summed E-state index contributed by atoms with van der Waals surface area (Å²) >= 11 is 0. The minimum absolute atomic E-state index is 0.133. The Bertz CT molecular complexity index is 1000. The summed E-state index contributed by atoms with van der Waals surface area (Å²) in [6.45, 7) is 1.67. The predicted octanol–water partition coefficient (Wildman–Crippen LogP) is 3.30. The van der Waals surface area contributed by atoms with Gasteiger partial charge in [-0.25, -0.2) is 13.4 Å². The molecule has 0 aliphatic heterocycles. The van der Waals surface area contributed by atoms with Crippen molar-refractivity contribution in [3.05, 3.63) is 53.6 Å². The zero-order chi connectivity index (χ0) is 21.6. The smallest absolute Gasteiger partial charge is 0.258 e. The van der Waals surface area contributed by atoms with E-state index in [0.29, 0.717) is 17.7 Å². The molecule has 1 heterocycles. The summed E-state index contributed by atoms with van der Waals surface area (Å²) in [5, 5.41) is 7.08. The van der Waals surface area contributed by atoms with Gasteiger partial charge in [-0.2, -0.15) is 4.98 Å². The highest BCUT2D eigenvalue weighted by Crippen LogP contribution is 2.26. The van der Waals surface area contributed by atoms with Gasteiger partial charge in [0, 0.05) is 29.9 Å². The molecule has 1 aromatic heterocycles. The van der Waals surface area contributed by atoms with Crippen molar-refractivity contribution in [3.63, 3.8) is 0 Å². The highest BCUT2D eigenvalue weighted by Gasteiger charge is 2.20. The highest BCUT2D eigenvalue weighted by atomic mass is 32.2. The number of hydrogen-bond acceptors (Lipinski definition) is 7. The van der Waals surface area contributed by atoms with E-state index in [1.807, 2.05) is 18.2 Å². The predicted molar refractivity (Wildman–Crippen MR) is 115 cm³/mol. The number of benzene rings is 1. The van der Waals surface area contributed by atoms with Crippen molar-refractivity contribution in [2.45, 2.75) is 44.7 Å². The first kappa shape index (κ1) is 21.8. The first-order valence-corrected chi connectivity index (χ1v) is 11.8. The van der Waals surface area contributed by atoms with E-state index in [1.165, 1.54) is 25.1 Å². The van der Waals surface area contributed by atoms with E-state index in [1.54, 1.807) is 19.1 Å². The van der Waals surface area contributed by atoms with Crippen LogP contribution in [0.5, 0.6) is 11.6 Å². The molecular formula is C21H26N4O4S. The topological polar surface area (TPSA) is 110 Å². The van der Waals surface area contributed by atoms with E-state index < -0.39 is 21.8 Å². The maximum Gasteiger partial charge on any atom is 0.258 e. The standard InChI is InChI=1S/C21H26N4O4S/c1-15(12-13-30(2,27)28)23-19(26)18-14-22-21(24-16-8-6-7-9-16)25-20(18)29-17-10-4-3-5-11-17/h3-5,10-16H,6-9H2,1-2H3,(H,23,26)(H,22,24,25). The molecule has 1 amide bonds. The van der Waals surface area contributed by atoms with Gasteiger partial charge in [0.25, 0.3) is 5.91 Å². The quantitative estimate of drug-likeness (QED) is 0.661. The summed E-state index contributed by atoms with van der Waals surface area (Å²) in [5.74, 6) is 0.629. The minimum atomic E-state index is -3.28. The number of nitrogens with one attached hydrogen (secondary N) is 2. The van der Waals surface area contributed by atoms with Gasteiger partial charge in [0.15, 0.2) is 9.84 Å². The summed E-state index contributed by atoms with van der Waals surface area (Å²) in [7, 11) is -3.28. The van der Waals surface area contributed by atoms with Crippen LogP contribution in [0.25, 0.3) is 0 Å². The number of sulfone groups is 1. The van der Waals surface area contributed by atoms with Crippen molar-refractivity contribution in [1.29, 1.82) is 0 Å². The molecule has 1 aliphatic carbocycles. The molecule has 9 heteroatoms. The summed E-state index contributed by atoms with van der Waals surface area (Å²) in [6, 6.07) is 8.86. The van der Waals surface area contributed by atoms with Crippen molar-refractivity contribution in [2.24, 2.45) is 0 Å². The molecule has 0 radical (unpaired) electrons. The Morgan fingerprint density at radius 3 is 2.60 bits per heavy atom. The van der Waals surface area contributed by atoms with Crippen LogP contribution >= 0.6 is 0 Å². The molecule has 0 spiro atoms. The Morgan fingerprint density at radius 1 is 1.23 bits per heavy atom. The number of ether oxygens (including phenoxy) is 1. The van der Waals surface area contributed by atoms with Crippen molar-refractivity contribution in [3.8, 4) is 11.6 Å². The van der Waals surface area contributed by atoms with Crippen LogP contribution in [0.15, 0.2) is 48.0 Å². The number of anilines is 1. The fourth-order valence-electron chi connectivity index (χ4n) is 3.12. The van der Waals surface area contributed by atoms with Crippen molar-refractivity contribution >= 4 is 21.7 Å². The SMILES string of the molecule is CC(C=CS(C)(=O)=O)NC(=O)c1cnc(NC2CCCC2)nc1Oc1ccccc1. The van der Waals surface area contributed by atoms with Crippen LogP contribution in [-0.2, 0) is 9.84 Å². The second-order valence-corrected chi connectivity index (χ2v) is 9.30. The summed E-state index contributed by atoms with van der Waals surface area (Å²) in [6.07, 6.45) is 8.38. The zero-order valence-electron chi connectivity index (χ0n) is 17.0. The van der Waals surface area contributed by atoms with Crippen LogP contribution in [0.2, 0.25) is 0 Å². The fraction of sp³-hybridized carbons (Fsp3) is 0.381. The Morgan fingerprint density at radius 2 is 1.93 bits per heavy atom. The van der Waals surface area contributed by atoms with Gasteiger partial charge >= 0.3 is 0 Å². The van der Waals surface area contributed by atoms with Crippen molar-refractivity contribution < 1.29 is 17.9 Å². The lowest BCUT2D eigenvalue weighted by atomic mass is 10.2. The van der Waals surface area contributed by atoms with Crippen LogP contribution in [0.4, 0.5) is 5.95 Å². The van der Waals surface area contributed by atoms with Crippen LogP contribution < -0.4 is 15.4 Å². The third-order valence-electron chi connectivity index (χ3n) is 4.62. The normalized spacial score (nSPS) is 15.8. The lowest BCUT2D eigenvalue weighted by molar-refractivity contribution is 0.0943. The third kappa shape index (κ3) is 6.55. The highest BCUT2D eigenvalue weighted by molar-refractivity contribution is 7.93. The Balaban J connectivity index is 1.82. The van der Waals surface area contributed by atoms with Gasteiger partial charge in [0.1, 0.15) is 11.3 Å². The molecule has 2 aromatic rings. The van der Waals surface area contributed by atoms with E-state index in [-0.39, 0.29) is 11.4 Å². The lowest BCUT2D eigenvalue weighted by Gasteiger charge is -2.16. The molecule has 160 valence electrons. The number of hydrogen-bond donors (Lipinski definition) is 2. The number of para-hydroxylation sites is 1. The maximum atomic E-state index is 12.8. The van der Waals surface area contributed by atoms with Crippen LogP contribution in [0.1, 0.15) is 43.0 Å². The molecule has 0 bridgehead atoms. The largest absolute Gasteiger partial charge is 0.438 e. The van der Waals surface area contributed by atoms with Gasteiger partial charge in [-0.05, 0) is 31.9 Å². The first-order valence-electron chi connectivity index (χ1n) is 9.86. The number of aromatic nitrogens is 2. The molecule has 0 saturated heterocycles. The average Bonchev–Trinajstić information content (AvgIpc) is 3.20. The average molecular weight is 431 g/mol. The Labute approximate surface area is 176 Å². The van der Waals surface area contributed by atoms with Gasteiger partial charge in [0.05, 0.1) is 0 Å². The van der Waals surface area contributed by atoms with Gasteiger partial charge in [-0.15, -0.1) is 0 Å². The summed E-state index contributed by atoms with van der Waals surface area (Å²) < 4.78 is 28.4. The molecule has 3 rings (SSSR count). The molecule has 1 aromatic carbocycles. The lowest BCUT2D eigenvalue weighted by Crippen LogP contribution is -2.32. The number of amides is 1. The molecule has 1 fully saturated rings. The van der Waals surface area contributed by atoms with Gasteiger partial charge in [-0.1, -0.05) is 37.1 Å². The minimum Gasteiger partial charge on any atom is -0.438 e. The number of carbonyl (C=O) groups is 1. The van der Waals surface area contributed by atoms with E-state index in [0.717, 1.165) is 24.5 Å². The second kappa shape index (κ2) is 9.71. The van der Waals surface area contributed by atoms with Gasteiger partial charge < -0.3 is 15.4 Å². The van der Waals surface area contributed by atoms with E-state index >= 15 is 0 Å². The number of rotatable bonds is 8. The van der Waals surface area contributed by atoms with E-state index in [2.05, 4.69) is 20.6 Å². The third-order valence-corrected chi connectivity index (χ3v) is 5.27. The number of carbonyl (C=O) groups excluding carboxylic acids is 1. The molecule has 1 aliphatic rings. The molecule has 8 nitrogen and oxygen atoms in total. The van der Waals surface area contributed by atoms with Crippen molar-refractivity contribution in [1.82, 2.24) is 15.3 Å². The maximum absolute atomic E-state index is 12.8. The van der Waals surface area contributed by atoms with Crippen LogP contribution in [0, 0.1) is 0 Å². The molecule has 2 N–H and O–H groups in total. The van der Waals surface area contributed by atoms with Crippen molar-refractivity contribution in [2.75, 3.05) is 11.6 Å². The Kier molecular flexibility index (Phi) is 7.04. The zero-order valence-corrected chi connectivity index (χ0v) is 17.9. The molecular weight excluding hydrogens is 404 g/mol. The van der Waals surface area contributed by atoms with Gasteiger partial charge in [-0.3, -0.25) is 4.79 Å². The van der Waals surface area contributed by atoms with Crippen LogP contribution in [-0.4, -0.2) is 42.6 Å². The molecule has 1 unspecified atom stereocenters. The molecule has 1 saturated carbocycles. The van der Waals surface area contributed by atoms with Crippen LogP contribution in [0.3, 0.4) is 0 Å². The first-order chi connectivity index (χ1) is 14.3. The molecule has 30 heavy (non-hydrogen) atoms. The fourth-order valence-corrected chi connectivity index (χ4v) is 3.64.